The standard InChI is InChI=1S/C6H3FNO/c7-6-3-1-2-5(4-9)8-6/h1-3H. The van der Waals surface area contributed by atoms with Crippen LogP contribution in [-0.4, -0.2) is 11.3 Å². The Bertz CT molecular complexity index is 224. The fourth-order valence-corrected chi connectivity index (χ4v) is 0.465. The lowest BCUT2D eigenvalue weighted by atomic mass is 10.4. The van der Waals surface area contributed by atoms with E-state index in [0.717, 1.165) is 0 Å². The van der Waals surface area contributed by atoms with E-state index in [9.17, 15) is 9.18 Å². The number of hydrogen-bond acceptors (Lipinski definition) is 2. The summed E-state index contributed by atoms with van der Waals surface area (Å²) in [6.45, 7) is 0. The second kappa shape index (κ2) is 2.35. The molecule has 0 aliphatic heterocycles. The Labute approximate surface area is 51.3 Å². The molecule has 0 amide bonds. The summed E-state index contributed by atoms with van der Waals surface area (Å²) in [6, 6.07) is 3.96. The average Bonchev–Trinajstić information content (AvgIpc) is 1.88. The summed E-state index contributed by atoms with van der Waals surface area (Å²) in [7, 11) is 0. The number of rotatable bonds is 1. The summed E-state index contributed by atoms with van der Waals surface area (Å²) in [4.78, 5) is 13.0. The van der Waals surface area contributed by atoms with Crippen molar-refractivity contribution >= 4 is 6.29 Å². The minimum atomic E-state index is -0.657. The van der Waals surface area contributed by atoms with E-state index in [4.69, 9.17) is 0 Å². The molecule has 1 aromatic rings. The summed E-state index contributed by atoms with van der Waals surface area (Å²) in [5, 5.41) is 0. The highest BCUT2D eigenvalue weighted by molar-refractivity contribution is 5.71. The van der Waals surface area contributed by atoms with Gasteiger partial charge in [0, 0.05) is 0 Å². The summed E-state index contributed by atoms with van der Waals surface area (Å²) >= 11 is 0. The van der Waals surface area contributed by atoms with E-state index in [2.05, 4.69) is 4.98 Å². The lowest BCUT2D eigenvalue weighted by molar-refractivity contribution is 0.554. The van der Waals surface area contributed by atoms with Crippen LogP contribution in [0.15, 0.2) is 18.2 Å². The molecule has 45 valence electrons. The lowest BCUT2D eigenvalue weighted by Gasteiger charge is -1.85. The highest BCUT2D eigenvalue weighted by atomic mass is 19.1. The van der Waals surface area contributed by atoms with Crippen molar-refractivity contribution in [2.45, 2.75) is 0 Å². The predicted octanol–water partition coefficient (Wildman–Crippen LogP) is 0.678. The Kier molecular flexibility index (Phi) is 1.53. The van der Waals surface area contributed by atoms with Crippen LogP contribution in [0.2, 0.25) is 0 Å². The largest absolute Gasteiger partial charge is 0.283 e. The molecule has 0 atom stereocenters. The Morgan fingerprint density at radius 2 is 2.33 bits per heavy atom. The fourth-order valence-electron chi connectivity index (χ4n) is 0.465. The molecule has 1 radical (unpaired) electrons. The van der Waals surface area contributed by atoms with Gasteiger partial charge in [0.1, 0.15) is 5.69 Å². The van der Waals surface area contributed by atoms with Gasteiger partial charge in [0.15, 0.2) is 0 Å². The molecule has 1 aromatic heterocycles. The molecule has 1 rings (SSSR count). The summed E-state index contributed by atoms with van der Waals surface area (Å²) in [5.74, 6) is -0.657. The smallest absolute Gasteiger partial charge is 0.253 e. The van der Waals surface area contributed by atoms with Crippen LogP contribution in [0.4, 0.5) is 4.39 Å². The molecule has 0 unspecified atom stereocenters. The topological polar surface area (TPSA) is 30.0 Å². The maximum absolute atomic E-state index is 12.1. The van der Waals surface area contributed by atoms with Crippen molar-refractivity contribution < 1.29 is 9.18 Å². The van der Waals surface area contributed by atoms with Gasteiger partial charge < -0.3 is 0 Å². The van der Waals surface area contributed by atoms with Gasteiger partial charge >= 0.3 is 0 Å². The van der Waals surface area contributed by atoms with Crippen LogP contribution < -0.4 is 0 Å². The van der Waals surface area contributed by atoms with Crippen molar-refractivity contribution in [2.24, 2.45) is 0 Å². The number of hydrogen-bond donors (Lipinski definition) is 0. The first kappa shape index (κ1) is 5.88. The molecule has 0 aliphatic rings. The van der Waals surface area contributed by atoms with Gasteiger partial charge in [-0.15, -0.1) is 0 Å². The predicted molar refractivity (Wildman–Crippen MR) is 29.0 cm³/mol. The first-order valence-corrected chi connectivity index (χ1v) is 2.33. The molecule has 1 heterocycles. The first-order valence-electron chi connectivity index (χ1n) is 2.33. The molecule has 0 fully saturated rings. The third kappa shape index (κ3) is 1.32. The van der Waals surface area contributed by atoms with Crippen molar-refractivity contribution in [3.8, 4) is 0 Å². The van der Waals surface area contributed by atoms with E-state index in [-0.39, 0.29) is 5.69 Å². The van der Waals surface area contributed by atoms with E-state index >= 15 is 0 Å². The molecule has 0 aromatic carbocycles. The Morgan fingerprint density at radius 1 is 1.56 bits per heavy atom. The van der Waals surface area contributed by atoms with Crippen molar-refractivity contribution in [2.75, 3.05) is 0 Å². The highest BCUT2D eigenvalue weighted by Crippen LogP contribution is 1.92. The maximum atomic E-state index is 12.1. The van der Waals surface area contributed by atoms with Gasteiger partial charge in [-0.1, -0.05) is 6.07 Å². The van der Waals surface area contributed by atoms with Crippen LogP contribution in [0, 0.1) is 5.95 Å². The van der Waals surface area contributed by atoms with Gasteiger partial charge in [0.2, 0.25) is 5.95 Å². The molecule has 0 aliphatic carbocycles. The molecule has 0 spiro atoms. The van der Waals surface area contributed by atoms with Crippen molar-refractivity contribution in [3.05, 3.63) is 29.8 Å². The van der Waals surface area contributed by atoms with Gasteiger partial charge in [-0.2, -0.15) is 4.39 Å². The number of nitrogens with zero attached hydrogens (tertiary/aromatic N) is 1. The monoisotopic (exact) mass is 124 g/mol. The van der Waals surface area contributed by atoms with Gasteiger partial charge in [0.25, 0.3) is 6.29 Å². The van der Waals surface area contributed by atoms with Crippen LogP contribution in [0.1, 0.15) is 5.69 Å². The molecule has 0 N–H and O–H groups in total. The zero-order chi connectivity index (χ0) is 6.69. The zero-order valence-corrected chi connectivity index (χ0v) is 4.47. The van der Waals surface area contributed by atoms with Crippen molar-refractivity contribution in [3.63, 3.8) is 0 Å². The molecular formula is C6H3FNO. The van der Waals surface area contributed by atoms with Crippen LogP contribution in [0.25, 0.3) is 0 Å². The molecule has 0 saturated carbocycles. The second-order valence-corrected chi connectivity index (χ2v) is 1.45. The highest BCUT2D eigenvalue weighted by Gasteiger charge is 1.92. The van der Waals surface area contributed by atoms with Gasteiger partial charge in [0.05, 0.1) is 0 Å². The Morgan fingerprint density at radius 3 is 2.78 bits per heavy atom. The SMILES string of the molecule is O=[C]c1cccc(F)n1. The summed E-state index contributed by atoms with van der Waals surface area (Å²) < 4.78 is 12.1. The van der Waals surface area contributed by atoms with Crippen LogP contribution in [-0.2, 0) is 4.79 Å². The summed E-state index contributed by atoms with van der Waals surface area (Å²) in [6.07, 6.45) is 1.47. The molecule has 2 nitrogen and oxygen atoms in total. The Balaban J connectivity index is 3.07. The molecule has 0 bridgehead atoms. The van der Waals surface area contributed by atoms with Crippen molar-refractivity contribution in [1.29, 1.82) is 0 Å². The molecule has 9 heavy (non-hydrogen) atoms. The van der Waals surface area contributed by atoms with Crippen LogP contribution >= 0.6 is 0 Å². The van der Waals surface area contributed by atoms with Gasteiger partial charge in [-0.25, -0.2) is 4.98 Å². The first-order chi connectivity index (χ1) is 4.33. The molecule has 3 heteroatoms. The van der Waals surface area contributed by atoms with E-state index in [1.165, 1.54) is 24.5 Å². The average molecular weight is 124 g/mol. The quantitative estimate of drug-likeness (QED) is 0.515. The third-order valence-corrected chi connectivity index (χ3v) is 0.820. The van der Waals surface area contributed by atoms with E-state index in [1.807, 2.05) is 0 Å². The molecule has 0 saturated heterocycles. The van der Waals surface area contributed by atoms with E-state index < -0.39 is 5.95 Å². The minimum Gasteiger partial charge on any atom is -0.283 e. The Hall–Kier alpha value is -1.25. The number of pyridine rings is 1. The number of halogens is 1. The van der Waals surface area contributed by atoms with Crippen molar-refractivity contribution in [1.82, 2.24) is 4.98 Å². The van der Waals surface area contributed by atoms with Gasteiger partial charge in [-0.3, -0.25) is 4.79 Å². The normalized spacial score (nSPS) is 9.00. The third-order valence-electron chi connectivity index (χ3n) is 0.820. The van der Waals surface area contributed by atoms with Crippen LogP contribution in [0.5, 0.6) is 0 Å². The summed E-state index contributed by atoms with van der Waals surface area (Å²) in [5.41, 5.74) is -0.00463. The van der Waals surface area contributed by atoms with Crippen LogP contribution in [0.3, 0.4) is 0 Å². The van der Waals surface area contributed by atoms with E-state index in [0.29, 0.717) is 0 Å². The zero-order valence-electron chi connectivity index (χ0n) is 4.47. The second-order valence-electron chi connectivity index (χ2n) is 1.45. The maximum Gasteiger partial charge on any atom is 0.253 e. The molecular weight excluding hydrogens is 121 g/mol. The lowest BCUT2D eigenvalue weighted by Crippen LogP contribution is -1.88. The van der Waals surface area contributed by atoms with E-state index in [1.54, 1.807) is 0 Å². The minimum absolute atomic E-state index is 0.00463. The number of aromatic nitrogens is 1. The van der Waals surface area contributed by atoms with Gasteiger partial charge in [-0.05, 0) is 12.1 Å². The fraction of sp³-hybridized carbons (Fsp3) is 0. The number of carbonyl (C=O) groups excluding carboxylic acids is 1.